The van der Waals surface area contributed by atoms with Crippen molar-refractivity contribution in [2.75, 3.05) is 6.61 Å². The van der Waals surface area contributed by atoms with Gasteiger partial charge < -0.3 is 4.74 Å². The van der Waals surface area contributed by atoms with Crippen LogP contribution in [0.3, 0.4) is 0 Å². The van der Waals surface area contributed by atoms with E-state index in [9.17, 15) is 4.79 Å². The van der Waals surface area contributed by atoms with Gasteiger partial charge in [-0.15, -0.1) is 0 Å². The van der Waals surface area contributed by atoms with Crippen LogP contribution < -0.4 is 0 Å². The van der Waals surface area contributed by atoms with Crippen LogP contribution in [0.2, 0.25) is 0 Å². The summed E-state index contributed by atoms with van der Waals surface area (Å²) in [7, 11) is 0. The van der Waals surface area contributed by atoms with Crippen molar-refractivity contribution in [1.82, 2.24) is 0 Å². The van der Waals surface area contributed by atoms with E-state index in [1.165, 1.54) is 0 Å². The third-order valence-electron chi connectivity index (χ3n) is 1.56. The molecule has 0 aromatic rings. The number of unbranched alkanes of at least 4 members (excludes halogenated alkanes) is 1. The first-order valence-corrected chi connectivity index (χ1v) is 4.44. The lowest BCUT2D eigenvalue weighted by molar-refractivity contribution is -0.139. The van der Waals surface area contributed by atoms with Crippen LogP contribution in [0.5, 0.6) is 0 Å². The number of carbonyl (C=O) groups excluding carboxylic acids is 1. The summed E-state index contributed by atoms with van der Waals surface area (Å²) in [6, 6.07) is 1.95. The number of carbonyl (C=O) groups is 1. The molecule has 0 aliphatic rings. The molecule has 0 atom stereocenters. The lowest BCUT2D eigenvalue weighted by atomic mass is 10.2. The standard InChI is InChI=1S/C10H15NO2/c1-3-4-8-13-10(12)9(2)6-5-7-11/h2-6,8H2,1H3. The Morgan fingerprint density at radius 2 is 2.31 bits per heavy atom. The third kappa shape index (κ3) is 5.92. The van der Waals surface area contributed by atoms with E-state index in [0.29, 0.717) is 25.0 Å². The number of ether oxygens (including phenoxy) is 1. The van der Waals surface area contributed by atoms with Crippen molar-refractivity contribution in [3.63, 3.8) is 0 Å². The molecule has 13 heavy (non-hydrogen) atoms. The van der Waals surface area contributed by atoms with Gasteiger partial charge in [-0.3, -0.25) is 0 Å². The Morgan fingerprint density at radius 3 is 2.85 bits per heavy atom. The summed E-state index contributed by atoms with van der Waals surface area (Å²) in [5, 5.41) is 8.27. The first-order valence-electron chi connectivity index (χ1n) is 4.44. The van der Waals surface area contributed by atoms with Crippen LogP contribution in [-0.4, -0.2) is 12.6 Å². The largest absolute Gasteiger partial charge is 0.462 e. The Morgan fingerprint density at radius 1 is 1.62 bits per heavy atom. The molecule has 0 aliphatic carbocycles. The maximum absolute atomic E-state index is 11.1. The molecule has 0 fully saturated rings. The average molecular weight is 181 g/mol. The average Bonchev–Trinajstić information content (AvgIpc) is 2.14. The van der Waals surface area contributed by atoms with Crippen LogP contribution in [0.4, 0.5) is 0 Å². The molecule has 72 valence electrons. The minimum Gasteiger partial charge on any atom is -0.462 e. The predicted octanol–water partition coefficient (Wildman–Crippen LogP) is 2.19. The summed E-state index contributed by atoms with van der Waals surface area (Å²) in [4.78, 5) is 11.1. The molecule has 0 saturated heterocycles. The highest BCUT2D eigenvalue weighted by Gasteiger charge is 2.06. The van der Waals surface area contributed by atoms with E-state index in [0.717, 1.165) is 12.8 Å². The van der Waals surface area contributed by atoms with Crippen molar-refractivity contribution >= 4 is 5.97 Å². The smallest absolute Gasteiger partial charge is 0.333 e. The molecular formula is C10H15NO2. The molecule has 0 heterocycles. The number of hydrogen-bond acceptors (Lipinski definition) is 3. The van der Waals surface area contributed by atoms with Crippen molar-refractivity contribution in [3.8, 4) is 6.07 Å². The zero-order valence-corrected chi connectivity index (χ0v) is 8.01. The number of nitrogens with zero attached hydrogens (tertiary/aromatic N) is 1. The fourth-order valence-electron chi connectivity index (χ4n) is 0.720. The molecule has 0 aromatic heterocycles. The van der Waals surface area contributed by atoms with Crippen LogP contribution >= 0.6 is 0 Å². The van der Waals surface area contributed by atoms with Gasteiger partial charge in [-0.25, -0.2) is 4.79 Å². The lowest BCUT2D eigenvalue weighted by Gasteiger charge is -2.04. The van der Waals surface area contributed by atoms with Gasteiger partial charge in [0.05, 0.1) is 12.7 Å². The summed E-state index contributed by atoms with van der Waals surface area (Å²) in [6.07, 6.45) is 2.60. The van der Waals surface area contributed by atoms with E-state index in [1.54, 1.807) is 0 Å². The van der Waals surface area contributed by atoms with Crippen molar-refractivity contribution in [2.24, 2.45) is 0 Å². The molecule has 0 aromatic carbocycles. The number of hydrogen-bond donors (Lipinski definition) is 0. The predicted molar refractivity (Wildman–Crippen MR) is 49.9 cm³/mol. The van der Waals surface area contributed by atoms with Gasteiger partial charge in [-0.2, -0.15) is 5.26 Å². The summed E-state index contributed by atoms with van der Waals surface area (Å²) in [5.74, 6) is -0.372. The number of nitriles is 1. The van der Waals surface area contributed by atoms with Gasteiger partial charge in [0.1, 0.15) is 0 Å². The maximum atomic E-state index is 11.1. The molecular weight excluding hydrogens is 166 g/mol. The Balaban J connectivity index is 3.59. The quantitative estimate of drug-likeness (QED) is 0.358. The molecule has 0 spiro atoms. The highest BCUT2D eigenvalue weighted by atomic mass is 16.5. The zero-order valence-electron chi connectivity index (χ0n) is 8.01. The molecule has 0 saturated carbocycles. The van der Waals surface area contributed by atoms with Crippen molar-refractivity contribution < 1.29 is 9.53 Å². The summed E-state index contributed by atoms with van der Waals surface area (Å²) < 4.78 is 4.89. The Hall–Kier alpha value is -1.30. The highest BCUT2D eigenvalue weighted by Crippen LogP contribution is 2.04. The Labute approximate surface area is 79.0 Å². The minimum atomic E-state index is -0.372. The minimum absolute atomic E-state index is 0.321. The maximum Gasteiger partial charge on any atom is 0.333 e. The fraction of sp³-hybridized carbons (Fsp3) is 0.600. The van der Waals surface area contributed by atoms with Gasteiger partial charge in [0, 0.05) is 12.0 Å². The molecule has 3 nitrogen and oxygen atoms in total. The highest BCUT2D eigenvalue weighted by molar-refractivity contribution is 5.87. The van der Waals surface area contributed by atoms with Crippen LogP contribution in [0.25, 0.3) is 0 Å². The van der Waals surface area contributed by atoms with Gasteiger partial charge in [-0.1, -0.05) is 19.9 Å². The lowest BCUT2D eigenvalue weighted by Crippen LogP contribution is -2.07. The monoisotopic (exact) mass is 181 g/mol. The fourth-order valence-corrected chi connectivity index (χ4v) is 0.720. The Kier molecular flexibility index (Phi) is 6.62. The Bertz CT molecular complexity index is 215. The second kappa shape index (κ2) is 7.35. The second-order valence-electron chi connectivity index (χ2n) is 2.75. The number of rotatable bonds is 6. The third-order valence-corrected chi connectivity index (χ3v) is 1.56. The molecule has 0 aliphatic heterocycles. The van der Waals surface area contributed by atoms with Crippen molar-refractivity contribution in [2.45, 2.75) is 32.6 Å². The normalized spacial score (nSPS) is 8.92. The topological polar surface area (TPSA) is 50.1 Å². The first kappa shape index (κ1) is 11.7. The van der Waals surface area contributed by atoms with Crippen molar-refractivity contribution in [1.29, 1.82) is 5.26 Å². The van der Waals surface area contributed by atoms with Crippen LogP contribution in [-0.2, 0) is 9.53 Å². The van der Waals surface area contributed by atoms with Gasteiger partial charge in [0.25, 0.3) is 0 Å². The van der Waals surface area contributed by atoms with Crippen LogP contribution in [0.15, 0.2) is 12.2 Å². The van der Waals surface area contributed by atoms with E-state index in [4.69, 9.17) is 10.00 Å². The zero-order chi connectivity index (χ0) is 10.1. The van der Waals surface area contributed by atoms with Gasteiger partial charge >= 0.3 is 5.97 Å². The first-order chi connectivity index (χ1) is 6.22. The number of esters is 1. The van der Waals surface area contributed by atoms with E-state index < -0.39 is 0 Å². The molecule has 0 amide bonds. The molecule has 0 N–H and O–H groups in total. The summed E-state index contributed by atoms with van der Waals surface area (Å²) in [6.45, 7) is 6.02. The van der Waals surface area contributed by atoms with E-state index in [2.05, 4.69) is 6.58 Å². The van der Waals surface area contributed by atoms with Gasteiger partial charge in [0.2, 0.25) is 0 Å². The second-order valence-corrected chi connectivity index (χ2v) is 2.75. The summed E-state index contributed by atoms with van der Waals surface area (Å²) >= 11 is 0. The van der Waals surface area contributed by atoms with Gasteiger partial charge in [0.15, 0.2) is 0 Å². The molecule has 0 bridgehead atoms. The molecule has 0 unspecified atom stereocenters. The van der Waals surface area contributed by atoms with Crippen molar-refractivity contribution in [3.05, 3.63) is 12.2 Å². The van der Waals surface area contributed by atoms with Crippen LogP contribution in [0, 0.1) is 11.3 Å². The molecule has 0 radical (unpaired) electrons. The molecule has 0 rings (SSSR count). The molecule has 3 heteroatoms. The van der Waals surface area contributed by atoms with E-state index >= 15 is 0 Å². The summed E-state index contributed by atoms with van der Waals surface area (Å²) in [5.41, 5.74) is 0.387. The van der Waals surface area contributed by atoms with E-state index in [1.807, 2.05) is 13.0 Å². The van der Waals surface area contributed by atoms with Crippen LogP contribution in [0.1, 0.15) is 32.6 Å². The van der Waals surface area contributed by atoms with Gasteiger partial charge in [-0.05, 0) is 12.8 Å². The van der Waals surface area contributed by atoms with E-state index in [-0.39, 0.29) is 5.97 Å². The SMILES string of the molecule is C=C(CCC#N)C(=O)OCCCC.